The van der Waals surface area contributed by atoms with Crippen LogP contribution in [0.2, 0.25) is 0 Å². The molecule has 0 aliphatic heterocycles. The second-order valence-corrected chi connectivity index (χ2v) is 2.69. The molecule has 6 nitrogen and oxygen atoms in total. The van der Waals surface area contributed by atoms with Crippen molar-refractivity contribution in [3.63, 3.8) is 0 Å². The van der Waals surface area contributed by atoms with Crippen LogP contribution in [-0.2, 0) is 0 Å². The van der Waals surface area contributed by atoms with E-state index in [4.69, 9.17) is 16.1 Å². The summed E-state index contributed by atoms with van der Waals surface area (Å²) < 4.78 is 0. The highest BCUT2D eigenvalue weighted by atomic mass is 17.1. The molecule has 0 radical (unpaired) electrons. The van der Waals surface area contributed by atoms with Crippen molar-refractivity contribution in [2.24, 2.45) is 5.73 Å². The monoisotopic (exact) mass is 201 g/mol. The van der Waals surface area contributed by atoms with Gasteiger partial charge in [0, 0.05) is 12.1 Å². The van der Waals surface area contributed by atoms with Crippen LogP contribution in [-0.4, -0.2) is 27.1 Å². The molecule has 0 saturated carbocycles. The minimum Gasteiger partial charge on any atom is -0.504 e. The van der Waals surface area contributed by atoms with Crippen molar-refractivity contribution in [2.75, 3.05) is 6.54 Å². The molecule has 0 heterocycles. The highest BCUT2D eigenvalue weighted by Crippen LogP contribution is 2.40. The van der Waals surface area contributed by atoms with E-state index in [0.717, 1.165) is 0 Å². The lowest BCUT2D eigenvalue weighted by Crippen LogP contribution is -2.11. The Balaban J connectivity index is 3.21. The summed E-state index contributed by atoms with van der Waals surface area (Å²) in [5, 5.41) is 36.2. The number of rotatable bonds is 3. The minimum absolute atomic E-state index is 0.0781. The van der Waals surface area contributed by atoms with Crippen molar-refractivity contribution < 1.29 is 25.5 Å². The lowest BCUT2D eigenvalue weighted by Gasteiger charge is -2.12. The van der Waals surface area contributed by atoms with E-state index in [9.17, 15) is 10.2 Å². The summed E-state index contributed by atoms with van der Waals surface area (Å²) >= 11 is 0. The minimum atomic E-state index is -1.08. The lowest BCUT2D eigenvalue weighted by molar-refractivity contribution is -0.140. The van der Waals surface area contributed by atoms with E-state index in [1.807, 2.05) is 0 Å². The highest BCUT2D eigenvalue weighted by Gasteiger charge is 2.18. The van der Waals surface area contributed by atoms with Gasteiger partial charge in [0.1, 0.15) is 0 Å². The second-order valence-electron chi connectivity index (χ2n) is 2.69. The van der Waals surface area contributed by atoms with Crippen LogP contribution in [0.1, 0.15) is 11.7 Å². The third-order valence-corrected chi connectivity index (χ3v) is 1.82. The van der Waals surface area contributed by atoms with E-state index in [1.54, 1.807) is 0 Å². The van der Waals surface area contributed by atoms with Gasteiger partial charge in [-0.1, -0.05) is 0 Å². The van der Waals surface area contributed by atoms with Gasteiger partial charge in [0.15, 0.2) is 11.5 Å². The maximum Gasteiger partial charge on any atom is 0.248 e. The molecule has 0 aliphatic carbocycles. The average Bonchev–Trinajstić information content (AvgIpc) is 2.18. The summed E-state index contributed by atoms with van der Waals surface area (Å²) in [5.74, 6) is -1.47. The SMILES string of the molecule is NCC(O)c1ccc(O)c(OO)c1O. The van der Waals surface area contributed by atoms with Crippen LogP contribution in [0.5, 0.6) is 17.2 Å². The number of aromatic hydroxyl groups is 2. The van der Waals surface area contributed by atoms with Gasteiger partial charge >= 0.3 is 0 Å². The molecule has 1 aromatic carbocycles. The third-order valence-electron chi connectivity index (χ3n) is 1.82. The van der Waals surface area contributed by atoms with E-state index in [1.165, 1.54) is 12.1 Å². The van der Waals surface area contributed by atoms with Gasteiger partial charge < -0.3 is 25.9 Å². The van der Waals surface area contributed by atoms with E-state index in [2.05, 4.69) is 4.89 Å². The molecule has 6 N–H and O–H groups in total. The van der Waals surface area contributed by atoms with Crippen LogP contribution in [0.25, 0.3) is 0 Å². The highest BCUT2D eigenvalue weighted by molar-refractivity contribution is 5.54. The van der Waals surface area contributed by atoms with Crippen molar-refractivity contribution in [3.05, 3.63) is 17.7 Å². The van der Waals surface area contributed by atoms with Crippen molar-refractivity contribution >= 4 is 0 Å². The predicted molar refractivity (Wildman–Crippen MR) is 47.0 cm³/mol. The zero-order chi connectivity index (χ0) is 10.7. The zero-order valence-corrected chi connectivity index (χ0v) is 7.21. The number of hydrogen-bond acceptors (Lipinski definition) is 6. The smallest absolute Gasteiger partial charge is 0.248 e. The Kier molecular flexibility index (Phi) is 3.13. The number of phenols is 2. The Hall–Kier alpha value is -1.50. The molecule has 1 rings (SSSR count). The molecule has 6 heteroatoms. The molecule has 0 aromatic heterocycles. The molecule has 14 heavy (non-hydrogen) atoms. The summed E-state index contributed by atoms with van der Waals surface area (Å²) in [4.78, 5) is 3.76. The molecule has 0 spiro atoms. The topological polar surface area (TPSA) is 116 Å². The lowest BCUT2D eigenvalue weighted by atomic mass is 10.1. The number of nitrogens with two attached hydrogens (primary N) is 1. The second kappa shape index (κ2) is 4.14. The quantitative estimate of drug-likeness (QED) is 0.345. The average molecular weight is 201 g/mol. The Bertz CT molecular complexity index is 328. The summed E-state index contributed by atoms with van der Waals surface area (Å²) in [6.07, 6.45) is -1.08. The van der Waals surface area contributed by atoms with Crippen LogP contribution >= 0.6 is 0 Å². The number of benzene rings is 1. The van der Waals surface area contributed by atoms with E-state index >= 15 is 0 Å². The van der Waals surface area contributed by atoms with Crippen molar-refractivity contribution in [1.82, 2.24) is 0 Å². The molecule has 1 unspecified atom stereocenters. The summed E-state index contributed by atoms with van der Waals surface area (Å²) in [5.41, 5.74) is 5.25. The Morgan fingerprint density at radius 1 is 1.36 bits per heavy atom. The largest absolute Gasteiger partial charge is 0.504 e. The summed E-state index contributed by atoms with van der Waals surface area (Å²) in [6.45, 7) is -0.0940. The maximum absolute atomic E-state index is 9.41. The molecule has 0 aliphatic rings. The van der Waals surface area contributed by atoms with E-state index in [-0.39, 0.29) is 12.1 Å². The first-order valence-corrected chi connectivity index (χ1v) is 3.86. The fourth-order valence-corrected chi connectivity index (χ4v) is 1.06. The van der Waals surface area contributed by atoms with Gasteiger partial charge in [-0.2, -0.15) is 0 Å². The first-order chi connectivity index (χ1) is 6.61. The van der Waals surface area contributed by atoms with Crippen LogP contribution in [0, 0.1) is 0 Å². The van der Waals surface area contributed by atoms with E-state index < -0.39 is 23.4 Å². The Labute approximate surface area is 79.7 Å². The van der Waals surface area contributed by atoms with Crippen LogP contribution < -0.4 is 10.6 Å². The van der Waals surface area contributed by atoms with Crippen molar-refractivity contribution in [3.8, 4) is 17.2 Å². The predicted octanol–water partition coefficient (Wildman–Crippen LogP) is -0.0583. The number of aliphatic hydroxyl groups is 1. The van der Waals surface area contributed by atoms with Crippen LogP contribution in [0.3, 0.4) is 0 Å². The molecule has 0 saturated heterocycles. The molecule has 78 valence electrons. The third kappa shape index (κ3) is 1.72. The fraction of sp³-hybridized carbons (Fsp3) is 0.250. The molecule has 0 bridgehead atoms. The maximum atomic E-state index is 9.41. The van der Waals surface area contributed by atoms with Crippen LogP contribution in [0.15, 0.2) is 12.1 Å². The van der Waals surface area contributed by atoms with Gasteiger partial charge in [-0.25, -0.2) is 5.26 Å². The summed E-state index contributed by atoms with van der Waals surface area (Å²) in [6, 6.07) is 2.45. The van der Waals surface area contributed by atoms with Gasteiger partial charge in [-0.3, -0.25) is 0 Å². The van der Waals surface area contributed by atoms with Gasteiger partial charge in [0.25, 0.3) is 0 Å². The van der Waals surface area contributed by atoms with Gasteiger partial charge in [-0.15, -0.1) is 0 Å². The Morgan fingerprint density at radius 3 is 2.50 bits per heavy atom. The molecule has 0 fully saturated rings. The standard InChI is InChI=1S/C8H11NO5/c9-3-6(11)4-1-2-5(10)8(14-13)7(4)12/h1-2,6,10-13H,3,9H2. The normalized spacial score (nSPS) is 12.5. The number of aliphatic hydroxyl groups excluding tert-OH is 1. The van der Waals surface area contributed by atoms with Crippen LogP contribution in [0.4, 0.5) is 0 Å². The summed E-state index contributed by atoms with van der Waals surface area (Å²) in [7, 11) is 0. The molecular formula is C8H11NO5. The Morgan fingerprint density at radius 2 is 2.00 bits per heavy atom. The molecule has 0 amide bonds. The number of hydrogen-bond donors (Lipinski definition) is 5. The van der Waals surface area contributed by atoms with Gasteiger partial charge in [0.05, 0.1) is 6.10 Å². The first kappa shape index (κ1) is 10.6. The molecular weight excluding hydrogens is 190 g/mol. The first-order valence-electron chi connectivity index (χ1n) is 3.86. The number of phenolic OH excluding ortho intramolecular Hbond substituents is 2. The zero-order valence-electron chi connectivity index (χ0n) is 7.21. The van der Waals surface area contributed by atoms with Crippen molar-refractivity contribution in [2.45, 2.75) is 6.10 Å². The van der Waals surface area contributed by atoms with Crippen molar-refractivity contribution in [1.29, 1.82) is 0 Å². The fourth-order valence-electron chi connectivity index (χ4n) is 1.06. The molecule has 1 aromatic rings. The van der Waals surface area contributed by atoms with Gasteiger partial charge in [0.2, 0.25) is 5.75 Å². The van der Waals surface area contributed by atoms with Gasteiger partial charge in [-0.05, 0) is 12.1 Å². The molecule has 1 atom stereocenters. The van der Waals surface area contributed by atoms with E-state index in [0.29, 0.717) is 0 Å².